The molecular formula is C15H23N3O. The molecule has 19 heavy (non-hydrogen) atoms. The zero-order valence-corrected chi connectivity index (χ0v) is 12.0. The van der Waals surface area contributed by atoms with Gasteiger partial charge in [0, 0.05) is 11.6 Å². The molecule has 2 heterocycles. The van der Waals surface area contributed by atoms with Gasteiger partial charge in [-0.3, -0.25) is 4.79 Å². The lowest BCUT2D eigenvalue weighted by molar-refractivity contribution is -0.127. The molecule has 4 heteroatoms. The van der Waals surface area contributed by atoms with Gasteiger partial charge in [-0.2, -0.15) is 0 Å². The van der Waals surface area contributed by atoms with Gasteiger partial charge in [0.2, 0.25) is 5.91 Å². The quantitative estimate of drug-likeness (QED) is 0.878. The third-order valence-electron chi connectivity index (χ3n) is 4.06. The molecule has 0 saturated carbocycles. The lowest BCUT2D eigenvalue weighted by Gasteiger charge is -2.35. The highest BCUT2D eigenvalue weighted by Crippen LogP contribution is 2.32. The van der Waals surface area contributed by atoms with E-state index in [4.69, 9.17) is 0 Å². The van der Waals surface area contributed by atoms with Crippen molar-refractivity contribution >= 4 is 11.7 Å². The molecule has 1 aromatic rings. The molecular weight excluding hydrogens is 238 g/mol. The summed E-state index contributed by atoms with van der Waals surface area (Å²) in [6.45, 7) is 8.02. The van der Waals surface area contributed by atoms with Gasteiger partial charge in [0.15, 0.2) is 0 Å². The smallest absolute Gasteiger partial charge is 0.231 e. The Morgan fingerprint density at radius 3 is 2.95 bits per heavy atom. The van der Waals surface area contributed by atoms with Crippen LogP contribution in [0.15, 0.2) is 18.3 Å². The van der Waals surface area contributed by atoms with Crippen LogP contribution in [0.5, 0.6) is 0 Å². The maximum Gasteiger partial charge on any atom is 0.231 e. The van der Waals surface area contributed by atoms with Crippen molar-refractivity contribution < 1.29 is 4.79 Å². The van der Waals surface area contributed by atoms with Crippen LogP contribution in [0.2, 0.25) is 0 Å². The number of pyridine rings is 1. The van der Waals surface area contributed by atoms with Crippen LogP contribution in [0.1, 0.15) is 32.3 Å². The van der Waals surface area contributed by atoms with E-state index < -0.39 is 0 Å². The maximum absolute atomic E-state index is 12.5. The molecule has 104 valence electrons. The second-order valence-electron chi connectivity index (χ2n) is 5.94. The molecule has 1 aliphatic rings. The summed E-state index contributed by atoms with van der Waals surface area (Å²) in [4.78, 5) is 16.7. The highest BCUT2D eigenvalue weighted by molar-refractivity contribution is 5.94. The Morgan fingerprint density at radius 2 is 2.32 bits per heavy atom. The van der Waals surface area contributed by atoms with Gasteiger partial charge < -0.3 is 10.6 Å². The topological polar surface area (TPSA) is 54.0 Å². The normalized spacial score (nSPS) is 20.1. The number of hydrogen-bond acceptors (Lipinski definition) is 3. The van der Waals surface area contributed by atoms with E-state index in [0.717, 1.165) is 31.5 Å². The van der Waals surface area contributed by atoms with Crippen LogP contribution in [0.25, 0.3) is 0 Å². The summed E-state index contributed by atoms with van der Waals surface area (Å²) in [5.41, 5.74) is 0.723. The SMILES string of the molecule is Cc1ccnc(NC(=O)C(C)(C)C2CCCNC2)c1. The molecule has 0 spiro atoms. The number of amides is 1. The van der Waals surface area contributed by atoms with E-state index >= 15 is 0 Å². The lowest BCUT2D eigenvalue weighted by Crippen LogP contribution is -2.44. The predicted octanol–water partition coefficient (Wildman–Crippen LogP) is 2.35. The van der Waals surface area contributed by atoms with Crippen molar-refractivity contribution in [1.82, 2.24) is 10.3 Å². The molecule has 2 rings (SSSR count). The van der Waals surface area contributed by atoms with Crippen LogP contribution < -0.4 is 10.6 Å². The van der Waals surface area contributed by atoms with Crippen LogP contribution in [-0.4, -0.2) is 24.0 Å². The first-order valence-corrected chi connectivity index (χ1v) is 6.95. The zero-order valence-electron chi connectivity index (χ0n) is 12.0. The highest BCUT2D eigenvalue weighted by Gasteiger charge is 2.37. The number of hydrogen-bond donors (Lipinski definition) is 2. The first-order valence-electron chi connectivity index (χ1n) is 6.95. The predicted molar refractivity (Wildman–Crippen MR) is 77.0 cm³/mol. The average molecular weight is 261 g/mol. The molecule has 0 aliphatic carbocycles. The Morgan fingerprint density at radius 1 is 1.53 bits per heavy atom. The second-order valence-corrected chi connectivity index (χ2v) is 5.94. The van der Waals surface area contributed by atoms with Crippen LogP contribution in [-0.2, 0) is 4.79 Å². The number of piperidine rings is 1. The molecule has 1 fully saturated rings. The van der Waals surface area contributed by atoms with Gasteiger partial charge in [-0.25, -0.2) is 4.98 Å². The maximum atomic E-state index is 12.5. The minimum atomic E-state index is -0.376. The van der Waals surface area contributed by atoms with Crippen molar-refractivity contribution in [3.8, 4) is 0 Å². The first kappa shape index (κ1) is 14.0. The number of carbonyl (C=O) groups is 1. The van der Waals surface area contributed by atoms with Crippen molar-refractivity contribution in [2.75, 3.05) is 18.4 Å². The van der Waals surface area contributed by atoms with Crippen LogP contribution >= 0.6 is 0 Å². The third-order valence-corrected chi connectivity index (χ3v) is 4.06. The molecule has 1 amide bonds. The van der Waals surface area contributed by atoms with E-state index in [1.165, 1.54) is 0 Å². The fourth-order valence-corrected chi connectivity index (χ4v) is 2.54. The van der Waals surface area contributed by atoms with E-state index in [0.29, 0.717) is 11.7 Å². The fourth-order valence-electron chi connectivity index (χ4n) is 2.54. The summed E-state index contributed by atoms with van der Waals surface area (Å²) in [6, 6.07) is 3.82. The summed E-state index contributed by atoms with van der Waals surface area (Å²) >= 11 is 0. The molecule has 0 aromatic carbocycles. The van der Waals surface area contributed by atoms with E-state index in [2.05, 4.69) is 15.6 Å². The number of rotatable bonds is 3. The highest BCUT2D eigenvalue weighted by atomic mass is 16.2. The van der Waals surface area contributed by atoms with Gasteiger partial charge in [0.1, 0.15) is 5.82 Å². The Kier molecular flexibility index (Phi) is 4.20. The average Bonchev–Trinajstić information content (AvgIpc) is 2.39. The number of nitrogens with zero attached hydrogens (tertiary/aromatic N) is 1. The van der Waals surface area contributed by atoms with Gasteiger partial charge in [0.05, 0.1) is 0 Å². The summed E-state index contributed by atoms with van der Waals surface area (Å²) in [5.74, 6) is 1.08. The molecule has 0 bridgehead atoms. The molecule has 0 radical (unpaired) electrons. The number of anilines is 1. The molecule has 1 atom stereocenters. The van der Waals surface area contributed by atoms with Gasteiger partial charge >= 0.3 is 0 Å². The summed E-state index contributed by atoms with van der Waals surface area (Å²) in [7, 11) is 0. The molecule has 1 unspecified atom stereocenters. The molecule has 1 aromatic heterocycles. The summed E-state index contributed by atoms with van der Waals surface area (Å²) in [5, 5.41) is 6.32. The monoisotopic (exact) mass is 261 g/mol. The summed E-state index contributed by atoms with van der Waals surface area (Å²) in [6.07, 6.45) is 3.97. The van der Waals surface area contributed by atoms with Crippen molar-refractivity contribution in [3.63, 3.8) is 0 Å². The van der Waals surface area contributed by atoms with E-state index in [1.54, 1.807) is 6.20 Å². The number of aromatic nitrogens is 1. The first-order chi connectivity index (χ1) is 9.00. The lowest BCUT2D eigenvalue weighted by atomic mass is 9.74. The van der Waals surface area contributed by atoms with E-state index in [9.17, 15) is 4.79 Å². The third kappa shape index (κ3) is 3.32. The number of aryl methyl sites for hydroxylation is 1. The second kappa shape index (κ2) is 5.70. The van der Waals surface area contributed by atoms with Gasteiger partial charge in [-0.1, -0.05) is 13.8 Å². The molecule has 1 saturated heterocycles. The molecule has 2 N–H and O–H groups in total. The Balaban J connectivity index is 2.05. The Bertz CT molecular complexity index is 450. The van der Waals surface area contributed by atoms with Crippen molar-refractivity contribution in [2.45, 2.75) is 33.6 Å². The minimum Gasteiger partial charge on any atom is -0.316 e. The standard InChI is InChI=1S/C15H23N3O/c1-11-6-8-17-13(9-11)18-14(19)15(2,3)12-5-4-7-16-10-12/h6,8-9,12,16H,4-5,7,10H2,1-3H3,(H,17,18,19). The van der Waals surface area contributed by atoms with E-state index in [1.807, 2.05) is 32.9 Å². The van der Waals surface area contributed by atoms with Crippen molar-refractivity contribution in [3.05, 3.63) is 23.9 Å². The number of carbonyl (C=O) groups excluding carboxylic acids is 1. The Hall–Kier alpha value is -1.42. The minimum absolute atomic E-state index is 0.0549. The molecule has 1 aliphatic heterocycles. The van der Waals surface area contributed by atoms with Crippen molar-refractivity contribution in [1.29, 1.82) is 0 Å². The molecule has 4 nitrogen and oxygen atoms in total. The zero-order chi connectivity index (χ0) is 13.9. The fraction of sp³-hybridized carbons (Fsp3) is 0.600. The van der Waals surface area contributed by atoms with Crippen LogP contribution in [0.4, 0.5) is 5.82 Å². The van der Waals surface area contributed by atoms with Crippen LogP contribution in [0, 0.1) is 18.3 Å². The van der Waals surface area contributed by atoms with E-state index in [-0.39, 0.29) is 11.3 Å². The number of nitrogens with one attached hydrogen (secondary N) is 2. The van der Waals surface area contributed by atoms with Crippen LogP contribution in [0.3, 0.4) is 0 Å². The van der Waals surface area contributed by atoms with Gasteiger partial charge in [-0.15, -0.1) is 0 Å². The van der Waals surface area contributed by atoms with Gasteiger partial charge in [0.25, 0.3) is 0 Å². The largest absolute Gasteiger partial charge is 0.316 e. The Labute approximate surface area is 115 Å². The summed E-state index contributed by atoms with van der Waals surface area (Å²) < 4.78 is 0. The van der Waals surface area contributed by atoms with Gasteiger partial charge in [-0.05, 0) is 56.5 Å². The van der Waals surface area contributed by atoms with Crippen molar-refractivity contribution in [2.24, 2.45) is 11.3 Å².